The summed E-state index contributed by atoms with van der Waals surface area (Å²) in [7, 11) is 0. The first-order chi connectivity index (χ1) is 10.3. The van der Waals surface area contributed by atoms with Crippen LogP contribution >= 0.6 is 34.8 Å². The van der Waals surface area contributed by atoms with Crippen LogP contribution < -0.4 is 5.32 Å². The number of nitrogens with zero attached hydrogens (tertiary/aromatic N) is 1. The first-order valence-corrected chi connectivity index (χ1v) is 8.07. The molecule has 1 heterocycles. The molecule has 1 aromatic rings. The van der Waals surface area contributed by atoms with Gasteiger partial charge in [-0.15, -0.1) is 0 Å². The molecule has 2 nitrogen and oxygen atoms in total. The Hall–Kier alpha value is -0.200. The second kappa shape index (κ2) is 7.58. The van der Waals surface area contributed by atoms with Gasteiger partial charge in [-0.05, 0) is 24.1 Å². The summed E-state index contributed by atoms with van der Waals surface area (Å²) in [6, 6.07) is 2.65. The normalized spacial score (nSPS) is 18.5. The minimum atomic E-state index is -4.21. The molecule has 0 bridgehead atoms. The molecule has 8 heteroatoms. The summed E-state index contributed by atoms with van der Waals surface area (Å²) in [6.07, 6.45) is -5.15. The van der Waals surface area contributed by atoms with Crippen LogP contribution in [-0.4, -0.2) is 37.3 Å². The molecule has 124 valence electrons. The van der Waals surface area contributed by atoms with Crippen molar-refractivity contribution < 1.29 is 13.2 Å². The lowest BCUT2D eigenvalue weighted by Crippen LogP contribution is -2.45. The molecule has 1 N–H and O–H groups in total. The molecule has 1 aromatic carbocycles. The molecule has 0 radical (unpaired) electrons. The van der Waals surface area contributed by atoms with Crippen LogP contribution in [0.3, 0.4) is 0 Å². The number of piperazine rings is 1. The van der Waals surface area contributed by atoms with Crippen LogP contribution in [0.15, 0.2) is 12.1 Å². The molecule has 0 spiro atoms. The van der Waals surface area contributed by atoms with Gasteiger partial charge in [-0.3, -0.25) is 4.90 Å². The summed E-state index contributed by atoms with van der Waals surface area (Å²) in [5, 5.41) is 4.09. The van der Waals surface area contributed by atoms with E-state index in [1.165, 1.54) is 6.07 Å². The second-order valence-electron chi connectivity index (χ2n) is 5.25. The maximum atomic E-state index is 12.6. The van der Waals surface area contributed by atoms with Crippen molar-refractivity contribution in [2.75, 3.05) is 26.2 Å². The highest BCUT2D eigenvalue weighted by molar-refractivity contribution is 6.43. The zero-order chi connectivity index (χ0) is 16.3. The fourth-order valence-electron chi connectivity index (χ4n) is 2.65. The van der Waals surface area contributed by atoms with Gasteiger partial charge in [-0.2, -0.15) is 13.2 Å². The minimum Gasteiger partial charge on any atom is -0.314 e. The van der Waals surface area contributed by atoms with E-state index < -0.39 is 18.6 Å². The van der Waals surface area contributed by atoms with Gasteiger partial charge in [0.1, 0.15) is 0 Å². The monoisotopic (exact) mass is 374 g/mol. The Balaban J connectivity index is 2.30. The van der Waals surface area contributed by atoms with E-state index in [0.717, 1.165) is 13.1 Å². The highest BCUT2D eigenvalue weighted by atomic mass is 35.5. The van der Waals surface area contributed by atoms with E-state index >= 15 is 0 Å². The second-order valence-corrected chi connectivity index (χ2v) is 6.47. The zero-order valence-corrected chi connectivity index (χ0v) is 14.0. The predicted molar refractivity (Wildman–Crippen MR) is 83.9 cm³/mol. The van der Waals surface area contributed by atoms with Crippen LogP contribution in [0.25, 0.3) is 0 Å². The van der Waals surface area contributed by atoms with Crippen molar-refractivity contribution in [1.29, 1.82) is 0 Å². The largest absolute Gasteiger partial charge is 0.389 e. The van der Waals surface area contributed by atoms with Gasteiger partial charge in [0.2, 0.25) is 0 Å². The topological polar surface area (TPSA) is 15.3 Å². The van der Waals surface area contributed by atoms with Crippen LogP contribution in [0.2, 0.25) is 15.1 Å². The number of rotatable bonds is 4. The van der Waals surface area contributed by atoms with Crippen LogP contribution in [0.4, 0.5) is 13.2 Å². The van der Waals surface area contributed by atoms with Crippen molar-refractivity contribution in [3.63, 3.8) is 0 Å². The van der Waals surface area contributed by atoms with E-state index in [9.17, 15) is 13.2 Å². The average molecular weight is 376 g/mol. The van der Waals surface area contributed by atoms with E-state index in [0.29, 0.717) is 23.7 Å². The van der Waals surface area contributed by atoms with Gasteiger partial charge in [-0.1, -0.05) is 34.8 Å². The molecule has 0 aromatic heterocycles. The van der Waals surface area contributed by atoms with Crippen molar-refractivity contribution in [3.8, 4) is 0 Å². The Labute approximate surface area is 142 Å². The van der Waals surface area contributed by atoms with E-state index in [1.807, 2.05) is 4.90 Å². The lowest BCUT2D eigenvalue weighted by atomic mass is 9.99. The van der Waals surface area contributed by atoms with Gasteiger partial charge >= 0.3 is 6.18 Å². The third-order valence-corrected chi connectivity index (χ3v) is 4.71. The molecule has 1 saturated heterocycles. The molecule has 0 amide bonds. The Bertz CT molecular complexity index is 517. The van der Waals surface area contributed by atoms with Crippen molar-refractivity contribution in [1.82, 2.24) is 10.2 Å². The highest BCUT2D eigenvalue weighted by Gasteiger charge is 2.32. The first kappa shape index (κ1) is 18.1. The Morgan fingerprint density at radius 3 is 2.36 bits per heavy atom. The van der Waals surface area contributed by atoms with Gasteiger partial charge in [-0.25, -0.2) is 0 Å². The molecular formula is C14H16Cl3F3N2. The number of hydrogen-bond donors (Lipinski definition) is 1. The average Bonchev–Trinajstić information content (AvgIpc) is 2.44. The molecule has 1 aliphatic heterocycles. The summed E-state index contributed by atoms with van der Waals surface area (Å²) in [4.78, 5) is 2.00. The van der Waals surface area contributed by atoms with E-state index in [4.69, 9.17) is 34.8 Å². The Kier molecular flexibility index (Phi) is 6.25. The zero-order valence-electron chi connectivity index (χ0n) is 11.7. The molecule has 0 aliphatic carbocycles. The van der Waals surface area contributed by atoms with Crippen LogP contribution in [-0.2, 0) is 0 Å². The fourth-order valence-corrected chi connectivity index (χ4v) is 3.39. The van der Waals surface area contributed by atoms with Gasteiger partial charge in [0.15, 0.2) is 0 Å². The van der Waals surface area contributed by atoms with E-state index in [1.54, 1.807) is 6.07 Å². The number of nitrogens with one attached hydrogen (secondary N) is 1. The van der Waals surface area contributed by atoms with Crippen LogP contribution in [0.5, 0.6) is 0 Å². The van der Waals surface area contributed by atoms with E-state index in [2.05, 4.69) is 5.32 Å². The first-order valence-electron chi connectivity index (χ1n) is 6.94. The lowest BCUT2D eigenvalue weighted by Gasteiger charge is -2.36. The standard InChI is InChI=1S/C14H16Cl3F3N2/c15-9-7-10(13(17)11(16)8-9)12(1-2-14(18,19)20)22-5-3-21-4-6-22/h7-8,12,21H,1-6H2/t12-/m1/s1. The minimum absolute atomic E-state index is 0.0696. The van der Waals surface area contributed by atoms with Crippen molar-refractivity contribution in [3.05, 3.63) is 32.8 Å². The predicted octanol–water partition coefficient (Wildman–Crippen LogP) is 4.94. The number of halogens is 6. The third-order valence-electron chi connectivity index (χ3n) is 3.67. The van der Waals surface area contributed by atoms with Gasteiger partial charge < -0.3 is 5.32 Å². The molecule has 0 saturated carbocycles. The van der Waals surface area contributed by atoms with Crippen LogP contribution in [0, 0.1) is 0 Å². The number of benzene rings is 1. The smallest absolute Gasteiger partial charge is 0.314 e. The highest BCUT2D eigenvalue weighted by Crippen LogP contribution is 2.39. The van der Waals surface area contributed by atoms with Gasteiger partial charge in [0.25, 0.3) is 0 Å². The SMILES string of the molecule is FC(F)(F)CC[C@H](c1cc(Cl)cc(Cl)c1Cl)N1CCNCC1. The molecule has 0 unspecified atom stereocenters. The Morgan fingerprint density at radius 1 is 1.14 bits per heavy atom. The van der Waals surface area contributed by atoms with E-state index in [-0.39, 0.29) is 16.5 Å². The molecular weight excluding hydrogens is 360 g/mol. The third kappa shape index (κ3) is 4.90. The van der Waals surface area contributed by atoms with Crippen molar-refractivity contribution >= 4 is 34.8 Å². The van der Waals surface area contributed by atoms with Gasteiger partial charge in [0.05, 0.1) is 10.0 Å². The lowest BCUT2D eigenvalue weighted by molar-refractivity contribution is -0.138. The van der Waals surface area contributed by atoms with Crippen LogP contribution in [0.1, 0.15) is 24.4 Å². The molecule has 1 fully saturated rings. The maximum Gasteiger partial charge on any atom is 0.389 e. The van der Waals surface area contributed by atoms with Crippen molar-refractivity contribution in [2.24, 2.45) is 0 Å². The molecule has 1 aliphatic rings. The fraction of sp³-hybridized carbons (Fsp3) is 0.571. The van der Waals surface area contributed by atoms with Gasteiger partial charge in [0, 0.05) is 43.7 Å². The summed E-state index contributed by atoms with van der Waals surface area (Å²) in [6.45, 7) is 2.77. The summed E-state index contributed by atoms with van der Waals surface area (Å²) >= 11 is 18.2. The molecule has 22 heavy (non-hydrogen) atoms. The maximum absolute atomic E-state index is 12.6. The van der Waals surface area contributed by atoms with Crippen molar-refractivity contribution in [2.45, 2.75) is 25.1 Å². The number of hydrogen-bond acceptors (Lipinski definition) is 2. The summed E-state index contributed by atoms with van der Waals surface area (Å²) in [5.41, 5.74) is 0.560. The summed E-state index contributed by atoms with van der Waals surface area (Å²) in [5.74, 6) is 0. The quantitative estimate of drug-likeness (QED) is 0.750. The molecule has 1 atom stereocenters. The summed E-state index contributed by atoms with van der Waals surface area (Å²) < 4.78 is 37.9. The number of alkyl halides is 3. The Morgan fingerprint density at radius 2 is 1.77 bits per heavy atom. The molecule has 2 rings (SSSR count).